The summed E-state index contributed by atoms with van der Waals surface area (Å²) < 4.78 is 5.27. The van der Waals surface area contributed by atoms with Crippen molar-refractivity contribution in [3.05, 3.63) is 57.3 Å². The number of benzene rings is 1. The minimum absolute atomic E-state index is 0.144. The zero-order valence-electron chi connectivity index (χ0n) is 16.5. The summed E-state index contributed by atoms with van der Waals surface area (Å²) in [4.78, 5) is 29.2. The van der Waals surface area contributed by atoms with Gasteiger partial charge in [-0.15, -0.1) is 11.3 Å². The second-order valence-electron chi connectivity index (χ2n) is 7.15. The minimum Gasteiger partial charge on any atom is -0.507 e. The quantitative estimate of drug-likeness (QED) is 0.439. The summed E-state index contributed by atoms with van der Waals surface area (Å²) in [5, 5.41) is 12.9. The van der Waals surface area contributed by atoms with E-state index in [1.165, 1.54) is 16.2 Å². The van der Waals surface area contributed by atoms with Crippen LogP contribution >= 0.6 is 11.3 Å². The first-order chi connectivity index (χ1) is 13.3. The lowest BCUT2D eigenvalue weighted by molar-refractivity contribution is -0.857. The number of Topliss-reactive ketones (excluding diaryl/α,β-unsaturated/α-hetero) is 1. The highest BCUT2D eigenvalue weighted by Gasteiger charge is 2.46. The standard InChI is InChI=1S/C21H24N2O4S/c1-13-12-14(7-8-15(13)27-4)19(24)17-18(16-6-5-11-28-16)23(10-9-22(2)3)21(26)20(17)25/h5-8,11-12,18,24H,9-10H2,1-4H3/p+1. The largest absolute Gasteiger partial charge is 0.507 e. The van der Waals surface area contributed by atoms with Crippen LogP contribution in [0.5, 0.6) is 5.75 Å². The Morgan fingerprint density at radius 1 is 1.29 bits per heavy atom. The van der Waals surface area contributed by atoms with Gasteiger partial charge in [0.05, 0.1) is 45.9 Å². The van der Waals surface area contributed by atoms with E-state index in [2.05, 4.69) is 0 Å². The van der Waals surface area contributed by atoms with Gasteiger partial charge >= 0.3 is 0 Å². The molecule has 0 aliphatic carbocycles. The molecule has 1 atom stereocenters. The first kappa shape index (κ1) is 20.1. The van der Waals surface area contributed by atoms with E-state index in [-0.39, 0.29) is 11.3 Å². The highest BCUT2D eigenvalue weighted by molar-refractivity contribution is 7.10. The molecule has 1 unspecified atom stereocenters. The lowest BCUT2D eigenvalue weighted by Gasteiger charge is -2.24. The number of methoxy groups -OCH3 is 1. The molecule has 1 amide bonds. The molecule has 0 bridgehead atoms. The van der Waals surface area contributed by atoms with Gasteiger partial charge in [-0.2, -0.15) is 0 Å². The molecule has 7 heteroatoms. The Bertz CT molecular complexity index is 918. The Morgan fingerprint density at radius 3 is 2.61 bits per heavy atom. The second-order valence-corrected chi connectivity index (χ2v) is 8.13. The topological polar surface area (TPSA) is 71.3 Å². The predicted octanol–water partition coefficient (Wildman–Crippen LogP) is 1.63. The van der Waals surface area contributed by atoms with Crippen LogP contribution in [0.15, 0.2) is 41.3 Å². The SMILES string of the molecule is COc1ccc(C(O)=C2C(=O)C(=O)N(CC[NH+](C)C)C2c2cccs2)cc1C. The van der Waals surface area contributed by atoms with Crippen LogP contribution in [-0.4, -0.2) is 56.0 Å². The number of ketones is 1. The van der Waals surface area contributed by atoms with E-state index >= 15 is 0 Å². The molecule has 148 valence electrons. The molecule has 1 saturated heterocycles. The number of carbonyl (C=O) groups excluding carboxylic acids is 2. The van der Waals surface area contributed by atoms with Gasteiger partial charge in [0, 0.05) is 10.4 Å². The maximum absolute atomic E-state index is 12.9. The summed E-state index contributed by atoms with van der Waals surface area (Å²) in [6.07, 6.45) is 0. The summed E-state index contributed by atoms with van der Waals surface area (Å²) in [7, 11) is 5.57. The number of hydrogen-bond acceptors (Lipinski definition) is 5. The maximum Gasteiger partial charge on any atom is 0.295 e. The molecule has 1 aromatic heterocycles. The van der Waals surface area contributed by atoms with Crippen LogP contribution in [0.1, 0.15) is 22.0 Å². The molecule has 0 radical (unpaired) electrons. The van der Waals surface area contributed by atoms with Crippen molar-refractivity contribution in [2.75, 3.05) is 34.3 Å². The average Bonchev–Trinajstić information content (AvgIpc) is 3.27. The van der Waals surface area contributed by atoms with Crippen molar-refractivity contribution in [3.8, 4) is 5.75 Å². The van der Waals surface area contributed by atoms with Crippen molar-refractivity contribution in [1.29, 1.82) is 0 Å². The number of thiophene rings is 1. The number of nitrogens with zero attached hydrogens (tertiary/aromatic N) is 1. The van der Waals surface area contributed by atoms with Gasteiger partial charge in [0.1, 0.15) is 11.5 Å². The normalized spacial score (nSPS) is 18.9. The first-order valence-electron chi connectivity index (χ1n) is 9.11. The predicted molar refractivity (Wildman–Crippen MR) is 109 cm³/mol. The Labute approximate surface area is 168 Å². The average molecular weight is 402 g/mol. The minimum atomic E-state index is -0.641. The van der Waals surface area contributed by atoms with Gasteiger partial charge in [0.2, 0.25) is 0 Å². The van der Waals surface area contributed by atoms with Crippen molar-refractivity contribution < 1.29 is 24.3 Å². The van der Waals surface area contributed by atoms with Crippen LogP contribution < -0.4 is 9.64 Å². The number of aliphatic hydroxyl groups excluding tert-OH is 1. The molecular weight excluding hydrogens is 376 g/mol. The number of aliphatic hydroxyl groups is 1. The molecule has 2 heterocycles. The van der Waals surface area contributed by atoms with Gasteiger partial charge in [-0.3, -0.25) is 9.59 Å². The van der Waals surface area contributed by atoms with Crippen LogP contribution in [-0.2, 0) is 9.59 Å². The molecule has 28 heavy (non-hydrogen) atoms. The van der Waals surface area contributed by atoms with Gasteiger partial charge in [-0.05, 0) is 42.1 Å². The highest BCUT2D eigenvalue weighted by Crippen LogP contribution is 2.41. The molecule has 6 nitrogen and oxygen atoms in total. The van der Waals surface area contributed by atoms with Crippen LogP contribution in [0.25, 0.3) is 5.76 Å². The van der Waals surface area contributed by atoms with E-state index in [4.69, 9.17) is 4.74 Å². The molecule has 1 aliphatic heterocycles. The molecular formula is C21H25N2O4S+. The molecule has 1 aliphatic rings. The van der Waals surface area contributed by atoms with Gasteiger partial charge in [-0.1, -0.05) is 6.07 Å². The van der Waals surface area contributed by atoms with E-state index in [0.29, 0.717) is 24.4 Å². The number of likely N-dealkylation sites (tertiary alicyclic amines) is 1. The number of aryl methyl sites for hydroxylation is 1. The Kier molecular flexibility index (Phi) is 5.86. The highest BCUT2D eigenvalue weighted by atomic mass is 32.1. The molecule has 1 fully saturated rings. The third-order valence-corrected chi connectivity index (χ3v) is 5.80. The van der Waals surface area contributed by atoms with Gasteiger partial charge in [0.25, 0.3) is 11.7 Å². The van der Waals surface area contributed by atoms with Gasteiger partial charge < -0.3 is 19.6 Å². The number of quaternary nitrogens is 1. The maximum atomic E-state index is 12.9. The zero-order valence-corrected chi connectivity index (χ0v) is 17.3. The lowest BCUT2D eigenvalue weighted by Crippen LogP contribution is -3.06. The van der Waals surface area contributed by atoms with E-state index in [1.54, 1.807) is 30.2 Å². The molecule has 1 aromatic carbocycles. The smallest absolute Gasteiger partial charge is 0.295 e. The Balaban J connectivity index is 2.10. The molecule has 0 spiro atoms. The fraction of sp³-hybridized carbons (Fsp3) is 0.333. The number of hydrogen-bond donors (Lipinski definition) is 2. The Morgan fingerprint density at radius 2 is 2.04 bits per heavy atom. The summed E-state index contributed by atoms with van der Waals surface area (Å²) in [6, 6.07) is 8.41. The van der Waals surface area contributed by atoms with Crippen LogP contribution in [0.4, 0.5) is 0 Å². The number of nitrogens with one attached hydrogen (secondary N) is 1. The number of amides is 1. The second kappa shape index (κ2) is 8.16. The van der Waals surface area contributed by atoms with Crippen LogP contribution in [0.2, 0.25) is 0 Å². The molecule has 2 N–H and O–H groups in total. The van der Waals surface area contributed by atoms with Crippen molar-refractivity contribution in [2.24, 2.45) is 0 Å². The summed E-state index contributed by atoms with van der Waals surface area (Å²) in [6.45, 7) is 3.01. The lowest BCUT2D eigenvalue weighted by atomic mass is 9.99. The molecule has 0 saturated carbocycles. The summed E-state index contributed by atoms with van der Waals surface area (Å²) in [5.41, 5.74) is 1.48. The number of likely N-dealkylation sites (N-methyl/N-ethyl adjacent to an activating group) is 1. The third-order valence-electron chi connectivity index (χ3n) is 4.87. The van der Waals surface area contributed by atoms with Crippen LogP contribution in [0, 0.1) is 6.92 Å². The third kappa shape index (κ3) is 3.68. The fourth-order valence-electron chi connectivity index (χ4n) is 3.38. The van der Waals surface area contributed by atoms with E-state index in [1.807, 2.05) is 38.5 Å². The number of rotatable bonds is 6. The van der Waals surface area contributed by atoms with Crippen LogP contribution in [0.3, 0.4) is 0 Å². The fourth-order valence-corrected chi connectivity index (χ4v) is 4.22. The summed E-state index contributed by atoms with van der Waals surface area (Å²) in [5.74, 6) is -0.660. The van der Waals surface area contributed by atoms with E-state index in [0.717, 1.165) is 10.4 Å². The molecule has 3 rings (SSSR count). The monoisotopic (exact) mass is 401 g/mol. The number of ether oxygens (including phenoxy) is 1. The van der Waals surface area contributed by atoms with Crippen molar-refractivity contribution in [2.45, 2.75) is 13.0 Å². The number of carbonyl (C=O) groups is 2. The van der Waals surface area contributed by atoms with Crippen molar-refractivity contribution >= 4 is 28.8 Å². The van der Waals surface area contributed by atoms with Crippen molar-refractivity contribution in [1.82, 2.24) is 4.90 Å². The first-order valence-corrected chi connectivity index (χ1v) is 9.99. The molecule has 2 aromatic rings. The Hall–Kier alpha value is -2.64. The zero-order chi connectivity index (χ0) is 20.4. The van der Waals surface area contributed by atoms with Gasteiger partial charge in [-0.25, -0.2) is 0 Å². The van der Waals surface area contributed by atoms with E-state index < -0.39 is 17.7 Å². The summed E-state index contributed by atoms with van der Waals surface area (Å²) >= 11 is 1.47. The van der Waals surface area contributed by atoms with Crippen molar-refractivity contribution in [3.63, 3.8) is 0 Å². The van der Waals surface area contributed by atoms with Gasteiger partial charge in [0.15, 0.2) is 0 Å². The van der Waals surface area contributed by atoms with E-state index in [9.17, 15) is 14.7 Å².